The van der Waals surface area contributed by atoms with Gasteiger partial charge in [0.1, 0.15) is 11.5 Å². The van der Waals surface area contributed by atoms with Crippen LogP contribution in [0, 0.1) is 0 Å². The van der Waals surface area contributed by atoms with Crippen molar-refractivity contribution < 1.29 is 13.9 Å². The lowest BCUT2D eigenvalue weighted by atomic mass is 9.88. The molecule has 5 nitrogen and oxygen atoms in total. The maximum Gasteiger partial charge on any atom is 0.318 e. The van der Waals surface area contributed by atoms with Crippen molar-refractivity contribution in [1.82, 2.24) is 10.2 Å². The minimum Gasteiger partial charge on any atom is -0.496 e. The highest BCUT2D eigenvalue weighted by Crippen LogP contribution is 2.46. The molecule has 156 valence electrons. The van der Waals surface area contributed by atoms with Crippen molar-refractivity contribution in [3.63, 3.8) is 0 Å². The predicted molar refractivity (Wildman–Crippen MR) is 117 cm³/mol. The van der Waals surface area contributed by atoms with Gasteiger partial charge >= 0.3 is 6.03 Å². The van der Waals surface area contributed by atoms with Gasteiger partial charge in [0.2, 0.25) is 0 Å². The van der Waals surface area contributed by atoms with Crippen molar-refractivity contribution in [2.24, 2.45) is 0 Å². The summed E-state index contributed by atoms with van der Waals surface area (Å²) >= 11 is 1.90. The van der Waals surface area contributed by atoms with Crippen molar-refractivity contribution >= 4 is 17.4 Å². The van der Waals surface area contributed by atoms with E-state index >= 15 is 0 Å². The van der Waals surface area contributed by atoms with Crippen LogP contribution in [0.25, 0.3) is 0 Å². The van der Waals surface area contributed by atoms with E-state index < -0.39 is 0 Å². The summed E-state index contributed by atoms with van der Waals surface area (Å²) in [5.74, 6) is 1.58. The molecule has 3 heterocycles. The Bertz CT molecular complexity index is 1040. The Morgan fingerprint density at radius 2 is 2.03 bits per heavy atom. The number of aryl methyl sites for hydroxylation is 1. The van der Waals surface area contributed by atoms with Gasteiger partial charge in [-0.1, -0.05) is 18.2 Å². The third-order valence-electron chi connectivity index (χ3n) is 6.16. The average molecular weight is 423 g/mol. The smallest absolute Gasteiger partial charge is 0.318 e. The summed E-state index contributed by atoms with van der Waals surface area (Å²) in [6.07, 6.45) is 7.41. The number of para-hydroxylation sites is 1. The number of carbonyl (C=O) groups is 1. The molecule has 1 atom stereocenters. The molecule has 0 saturated carbocycles. The zero-order valence-electron chi connectivity index (χ0n) is 17.1. The third kappa shape index (κ3) is 3.39. The van der Waals surface area contributed by atoms with Crippen LogP contribution in [0.3, 0.4) is 0 Å². The number of furan rings is 1. The fourth-order valence-corrected chi connectivity index (χ4v) is 6.32. The van der Waals surface area contributed by atoms with Crippen molar-refractivity contribution in [2.45, 2.75) is 44.7 Å². The number of methoxy groups -OCH3 is 1. The van der Waals surface area contributed by atoms with Crippen LogP contribution in [0.2, 0.25) is 0 Å². The largest absolute Gasteiger partial charge is 0.496 e. The first-order valence-electron chi connectivity index (χ1n) is 10.6. The van der Waals surface area contributed by atoms with Crippen LogP contribution >= 0.6 is 11.3 Å². The first-order valence-corrected chi connectivity index (χ1v) is 11.4. The highest BCUT2D eigenvalue weighted by Gasteiger charge is 2.37. The number of benzene rings is 1. The monoisotopic (exact) mass is 422 g/mol. The standard InChI is InChI=1S/C24H26N2O3S/c1-28-20-10-4-2-9-19(20)22-23-18(17-8-3-5-11-21(17)30-23)12-13-26(22)24(27)25-15-16-7-6-14-29-16/h2,4,6-7,9-10,14,22H,3,5,8,11-13,15H2,1H3,(H,25,27). The molecule has 1 N–H and O–H groups in total. The number of fused-ring (bicyclic) bond motifs is 3. The quantitative estimate of drug-likeness (QED) is 0.637. The first-order chi connectivity index (χ1) is 14.8. The summed E-state index contributed by atoms with van der Waals surface area (Å²) in [7, 11) is 1.70. The van der Waals surface area contributed by atoms with Gasteiger partial charge in [0.15, 0.2) is 0 Å². The number of rotatable bonds is 4. The van der Waals surface area contributed by atoms with E-state index in [0.29, 0.717) is 13.1 Å². The molecule has 30 heavy (non-hydrogen) atoms. The fraction of sp³-hybridized carbons (Fsp3) is 0.375. The van der Waals surface area contributed by atoms with Crippen molar-refractivity contribution in [3.05, 3.63) is 74.9 Å². The molecule has 1 unspecified atom stereocenters. The fourth-order valence-electron chi connectivity index (χ4n) is 4.75. The van der Waals surface area contributed by atoms with E-state index in [1.165, 1.54) is 34.6 Å². The van der Waals surface area contributed by atoms with E-state index in [2.05, 4.69) is 11.4 Å². The second-order valence-corrected chi connectivity index (χ2v) is 9.02. The molecular weight excluding hydrogens is 396 g/mol. The number of amides is 2. The minimum atomic E-state index is -0.128. The van der Waals surface area contributed by atoms with Crippen LogP contribution in [0.1, 0.15) is 51.1 Å². The van der Waals surface area contributed by atoms with Crippen LogP contribution < -0.4 is 10.1 Å². The van der Waals surface area contributed by atoms with Crippen LogP contribution in [-0.2, 0) is 25.8 Å². The molecule has 0 fully saturated rings. The van der Waals surface area contributed by atoms with Gasteiger partial charge in [-0.2, -0.15) is 0 Å². The lowest BCUT2D eigenvalue weighted by Crippen LogP contribution is -2.45. The van der Waals surface area contributed by atoms with Crippen LogP contribution in [0.4, 0.5) is 4.79 Å². The number of hydrogen-bond donors (Lipinski definition) is 1. The summed E-state index contributed by atoms with van der Waals surface area (Å²) in [5, 5.41) is 3.04. The molecule has 1 aliphatic heterocycles. The van der Waals surface area contributed by atoms with E-state index in [1.54, 1.807) is 18.9 Å². The second-order valence-electron chi connectivity index (χ2n) is 7.88. The first kappa shape index (κ1) is 19.2. The van der Waals surface area contributed by atoms with Crippen molar-refractivity contribution in [1.29, 1.82) is 0 Å². The van der Waals surface area contributed by atoms with E-state index in [-0.39, 0.29) is 12.1 Å². The molecule has 0 spiro atoms. The number of nitrogens with zero attached hydrogens (tertiary/aromatic N) is 1. The molecule has 0 saturated heterocycles. The molecule has 2 aromatic heterocycles. The SMILES string of the molecule is COc1ccccc1C1c2sc3c(c2CCN1C(=O)NCc1ccco1)CCCC3. The average Bonchev–Trinajstić information content (AvgIpc) is 3.44. The number of hydrogen-bond acceptors (Lipinski definition) is 4. The van der Waals surface area contributed by atoms with Gasteiger partial charge in [-0.15, -0.1) is 11.3 Å². The molecule has 1 aromatic carbocycles. The number of carbonyl (C=O) groups excluding carboxylic acids is 1. The topological polar surface area (TPSA) is 54.7 Å². The molecule has 0 radical (unpaired) electrons. The molecule has 3 aromatic rings. The Hall–Kier alpha value is -2.73. The summed E-state index contributed by atoms with van der Waals surface area (Å²) in [6.45, 7) is 1.08. The lowest BCUT2D eigenvalue weighted by molar-refractivity contribution is 0.179. The summed E-state index contributed by atoms with van der Waals surface area (Å²) < 4.78 is 11.1. The molecule has 2 aliphatic rings. The Kier molecular flexibility index (Phi) is 5.25. The summed E-state index contributed by atoms with van der Waals surface area (Å²) in [6, 6.07) is 11.6. The number of urea groups is 1. The third-order valence-corrected chi connectivity index (χ3v) is 7.55. The van der Waals surface area contributed by atoms with Gasteiger partial charge in [-0.25, -0.2) is 4.79 Å². The normalized spacial score (nSPS) is 17.9. The second kappa shape index (κ2) is 8.19. The molecule has 5 rings (SSSR count). The van der Waals surface area contributed by atoms with E-state index in [1.807, 2.05) is 46.6 Å². The number of ether oxygens (including phenoxy) is 1. The van der Waals surface area contributed by atoms with Crippen LogP contribution in [0.5, 0.6) is 5.75 Å². The van der Waals surface area contributed by atoms with Gasteiger partial charge in [-0.05, 0) is 61.4 Å². The molecule has 0 bridgehead atoms. The molecule has 6 heteroatoms. The zero-order chi connectivity index (χ0) is 20.5. The van der Waals surface area contributed by atoms with Crippen LogP contribution in [-0.4, -0.2) is 24.6 Å². The maximum atomic E-state index is 13.3. The van der Waals surface area contributed by atoms with Gasteiger partial charge in [0.25, 0.3) is 0 Å². The molecular formula is C24H26N2O3S. The maximum absolute atomic E-state index is 13.3. The predicted octanol–water partition coefficient (Wildman–Crippen LogP) is 5.09. The van der Waals surface area contributed by atoms with Gasteiger partial charge < -0.3 is 19.4 Å². The minimum absolute atomic E-state index is 0.0701. The number of nitrogens with one attached hydrogen (secondary N) is 1. The Morgan fingerprint density at radius 3 is 2.87 bits per heavy atom. The van der Waals surface area contributed by atoms with Gasteiger partial charge in [0.05, 0.1) is 26.0 Å². The lowest BCUT2D eigenvalue weighted by Gasteiger charge is -2.37. The van der Waals surface area contributed by atoms with Crippen LogP contribution in [0.15, 0.2) is 47.1 Å². The van der Waals surface area contributed by atoms with E-state index in [4.69, 9.17) is 9.15 Å². The highest BCUT2D eigenvalue weighted by atomic mass is 32.1. The van der Waals surface area contributed by atoms with E-state index in [0.717, 1.165) is 29.9 Å². The Balaban J connectivity index is 1.53. The zero-order valence-corrected chi connectivity index (χ0v) is 18.0. The van der Waals surface area contributed by atoms with Crippen molar-refractivity contribution in [3.8, 4) is 5.75 Å². The van der Waals surface area contributed by atoms with Crippen molar-refractivity contribution in [2.75, 3.05) is 13.7 Å². The Labute approximate surface area is 180 Å². The van der Waals surface area contributed by atoms with Gasteiger partial charge in [0, 0.05) is 21.9 Å². The van der Waals surface area contributed by atoms with Gasteiger partial charge in [-0.3, -0.25) is 0 Å². The highest BCUT2D eigenvalue weighted by molar-refractivity contribution is 7.12. The number of thiophene rings is 1. The molecule has 2 amide bonds. The van der Waals surface area contributed by atoms with E-state index in [9.17, 15) is 4.79 Å². The summed E-state index contributed by atoms with van der Waals surface area (Å²) in [4.78, 5) is 18.1. The Morgan fingerprint density at radius 1 is 1.17 bits per heavy atom. The molecule has 1 aliphatic carbocycles. The summed E-state index contributed by atoms with van der Waals surface area (Å²) in [5.41, 5.74) is 4.07.